The Morgan fingerprint density at radius 3 is 2.53 bits per heavy atom. The maximum atomic E-state index is 10.7. The predicted octanol–water partition coefficient (Wildman–Crippen LogP) is 3.41. The van der Waals surface area contributed by atoms with E-state index in [0.717, 1.165) is 12.8 Å². The van der Waals surface area contributed by atoms with Crippen LogP contribution in [-0.2, 0) is 9.53 Å². The number of hydrogen-bond acceptors (Lipinski definition) is 2. The van der Waals surface area contributed by atoms with Gasteiger partial charge in [-0.05, 0) is 12.8 Å². The standard InChI is InChI=1S/C13H20O2/c1-4-6-7-8-9-10-11-13(5-2)15-12(3)14/h5-7,9-10,13H,2,4,8,11H2,1,3H3/b7-6-,10-9-. The van der Waals surface area contributed by atoms with Gasteiger partial charge in [-0.1, -0.05) is 43.9 Å². The average Bonchev–Trinajstić information content (AvgIpc) is 2.20. The monoisotopic (exact) mass is 208 g/mol. The van der Waals surface area contributed by atoms with Crippen molar-refractivity contribution in [3.05, 3.63) is 37.0 Å². The second kappa shape index (κ2) is 9.25. The van der Waals surface area contributed by atoms with Crippen molar-refractivity contribution in [1.82, 2.24) is 0 Å². The van der Waals surface area contributed by atoms with Crippen LogP contribution < -0.4 is 0 Å². The highest BCUT2D eigenvalue weighted by molar-refractivity contribution is 5.66. The van der Waals surface area contributed by atoms with E-state index < -0.39 is 0 Å². The molecule has 0 aromatic rings. The summed E-state index contributed by atoms with van der Waals surface area (Å²) >= 11 is 0. The zero-order valence-corrected chi connectivity index (χ0v) is 9.61. The number of ether oxygens (including phenoxy) is 1. The van der Waals surface area contributed by atoms with E-state index in [4.69, 9.17) is 4.74 Å². The highest BCUT2D eigenvalue weighted by atomic mass is 16.5. The molecule has 0 bridgehead atoms. The Hall–Kier alpha value is -1.31. The van der Waals surface area contributed by atoms with Crippen molar-refractivity contribution in [2.45, 2.75) is 39.2 Å². The Kier molecular flexibility index (Phi) is 8.44. The normalized spacial score (nSPS) is 13.2. The van der Waals surface area contributed by atoms with E-state index in [1.807, 2.05) is 6.08 Å². The van der Waals surface area contributed by atoms with Crippen LogP contribution in [-0.4, -0.2) is 12.1 Å². The Balaban J connectivity index is 3.74. The lowest BCUT2D eigenvalue weighted by molar-refractivity contribution is -0.143. The topological polar surface area (TPSA) is 26.3 Å². The first kappa shape index (κ1) is 13.7. The smallest absolute Gasteiger partial charge is 0.303 e. The van der Waals surface area contributed by atoms with Gasteiger partial charge in [0.1, 0.15) is 6.10 Å². The molecule has 2 nitrogen and oxygen atoms in total. The molecule has 0 radical (unpaired) electrons. The zero-order valence-electron chi connectivity index (χ0n) is 9.61. The fraction of sp³-hybridized carbons (Fsp3) is 0.462. The molecule has 84 valence electrons. The molecule has 0 aliphatic heterocycles. The molecule has 0 saturated heterocycles. The number of carbonyl (C=O) groups excluding carboxylic acids is 1. The van der Waals surface area contributed by atoms with Crippen LogP contribution in [0.3, 0.4) is 0 Å². The van der Waals surface area contributed by atoms with E-state index >= 15 is 0 Å². The molecule has 0 saturated carbocycles. The van der Waals surface area contributed by atoms with E-state index in [1.54, 1.807) is 6.08 Å². The molecule has 0 aliphatic carbocycles. The fourth-order valence-electron chi connectivity index (χ4n) is 1.07. The molecule has 0 spiro atoms. The molecular weight excluding hydrogens is 188 g/mol. The minimum absolute atomic E-state index is 0.200. The lowest BCUT2D eigenvalue weighted by Gasteiger charge is -2.09. The van der Waals surface area contributed by atoms with Crippen LogP contribution >= 0.6 is 0 Å². The van der Waals surface area contributed by atoms with Gasteiger partial charge in [0, 0.05) is 13.3 Å². The van der Waals surface area contributed by atoms with Gasteiger partial charge < -0.3 is 4.74 Å². The van der Waals surface area contributed by atoms with Gasteiger partial charge in [0.15, 0.2) is 0 Å². The summed E-state index contributed by atoms with van der Waals surface area (Å²) in [6.07, 6.45) is 12.5. The molecule has 1 unspecified atom stereocenters. The third kappa shape index (κ3) is 9.01. The van der Waals surface area contributed by atoms with Crippen LogP contribution in [0.25, 0.3) is 0 Å². The Morgan fingerprint density at radius 1 is 1.33 bits per heavy atom. The second-order valence-electron chi connectivity index (χ2n) is 3.21. The average molecular weight is 208 g/mol. The van der Waals surface area contributed by atoms with Gasteiger partial charge in [0.25, 0.3) is 0 Å². The van der Waals surface area contributed by atoms with Crippen LogP contribution in [0.4, 0.5) is 0 Å². The van der Waals surface area contributed by atoms with Gasteiger partial charge >= 0.3 is 5.97 Å². The van der Waals surface area contributed by atoms with E-state index in [0.29, 0.717) is 6.42 Å². The molecule has 0 heterocycles. The van der Waals surface area contributed by atoms with Crippen LogP contribution in [0.5, 0.6) is 0 Å². The third-order valence-corrected chi connectivity index (χ3v) is 1.79. The van der Waals surface area contributed by atoms with Crippen molar-refractivity contribution >= 4 is 5.97 Å². The summed E-state index contributed by atoms with van der Waals surface area (Å²) in [4.78, 5) is 10.7. The summed E-state index contributed by atoms with van der Waals surface area (Å²) < 4.78 is 5.00. The highest BCUT2D eigenvalue weighted by Crippen LogP contribution is 2.02. The van der Waals surface area contributed by atoms with Crippen molar-refractivity contribution < 1.29 is 9.53 Å². The number of rotatable bonds is 7. The van der Waals surface area contributed by atoms with Gasteiger partial charge in [-0.25, -0.2) is 0 Å². The molecule has 0 N–H and O–H groups in total. The first-order chi connectivity index (χ1) is 7.20. The van der Waals surface area contributed by atoms with E-state index in [9.17, 15) is 4.79 Å². The molecule has 0 aromatic heterocycles. The van der Waals surface area contributed by atoms with Gasteiger partial charge in [-0.3, -0.25) is 4.79 Å². The SMILES string of the molecule is C=CC(C/C=C\C/C=C\CC)OC(C)=O. The lowest BCUT2D eigenvalue weighted by Crippen LogP contribution is -2.12. The fourth-order valence-corrected chi connectivity index (χ4v) is 1.07. The third-order valence-electron chi connectivity index (χ3n) is 1.79. The first-order valence-electron chi connectivity index (χ1n) is 5.30. The van der Waals surface area contributed by atoms with Crippen LogP contribution in [0, 0.1) is 0 Å². The van der Waals surface area contributed by atoms with Crippen LogP contribution in [0.1, 0.15) is 33.1 Å². The van der Waals surface area contributed by atoms with E-state index in [-0.39, 0.29) is 12.1 Å². The van der Waals surface area contributed by atoms with Crippen molar-refractivity contribution in [1.29, 1.82) is 0 Å². The Bertz CT molecular complexity index is 239. The maximum absolute atomic E-state index is 10.7. The van der Waals surface area contributed by atoms with E-state index in [2.05, 4.69) is 31.7 Å². The Labute approximate surface area is 92.3 Å². The number of allylic oxidation sites excluding steroid dienone is 3. The maximum Gasteiger partial charge on any atom is 0.303 e. The van der Waals surface area contributed by atoms with Crippen molar-refractivity contribution in [3.8, 4) is 0 Å². The number of carbonyl (C=O) groups is 1. The molecule has 0 rings (SSSR count). The summed E-state index contributed by atoms with van der Waals surface area (Å²) in [6, 6.07) is 0. The molecule has 15 heavy (non-hydrogen) atoms. The van der Waals surface area contributed by atoms with Crippen LogP contribution in [0.15, 0.2) is 37.0 Å². The quantitative estimate of drug-likeness (QED) is 0.473. The molecule has 2 heteroatoms. The van der Waals surface area contributed by atoms with Crippen molar-refractivity contribution in [3.63, 3.8) is 0 Å². The summed E-state index contributed by atoms with van der Waals surface area (Å²) in [5, 5.41) is 0. The summed E-state index contributed by atoms with van der Waals surface area (Å²) in [6.45, 7) is 7.13. The summed E-state index contributed by atoms with van der Waals surface area (Å²) in [5.74, 6) is -0.265. The van der Waals surface area contributed by atoms with Gasteiger partial charge in [-0.15, -0.1) is 0 Å². The van der Waals surface area contributed by atoms with E-state index in [1.165, 1.54) is 6.92 Å². The minimum Gasteiger partial charge on any atom is -0.458 e. The molecule has 1 atom stereocenters. The molecule has 0 fully saturated rings. The molecular formula is C13H20O2. The van der Waals surface area contributed by atoms with Gasteiger partial charge in [-0.2, -0.15) is 0 Å². The minimum atomic E-state index is -0.265. The predicted molar refractivity (Wildman–Crippen MR) is 63.6 cm³/mol. The zero-order chi connectivity index (χ0) is 11.5. The second-order valence-corrected chi connectivity index (χ2v) is 3.21. The number of hydrogen-bond donors (Lipinski definition) is 0. The Morgan fingerprint density at radius 2 is 2.00 bits per heavy atom. The van der Waals surface area contributed by atoms with Crippen molar-refractivity contribution in [2.24, 2.45) is 0 Å². The number of esters is 1. The largest absolute Gasteiger partial charge is 0.458 e. The van der Waals surface area contributed by atoms with Gasteiger partial charge in [0.05, 0.1) is 0 Å². The summed E-state index contributed by atoms with van der Waals surface area (Å²) in [7, 11) is 0. The lowest BCUT2D eigenvalue weighted by atomic mass is 10.2. The molecule has 0 aromatic carbocycles. The summed E-state index contributed by atoms with van der Waals surface area (Å²) in [5.41, 5.74) is 0. The molecule has 0 aliphatic rings. The van der Waals surface area contributed by atoms with Crippen molar-refractivity contribution in [2.75, 3.05) is 0 Å². The first-order valence-corrected chi connectivity index (χ1v) is 5.30. The van der Waals surface area contributed by atoms with Gasteiger partial charge in [0.2, 0.25) is 0 Å². The molecule has 0 amide bonds. The van der Waals surface area contributed by atoms with Crippen LogP contribution in [0.2, 0.25) is 0 Å². The highest BCUT2D eigenvalue weighted by Gasteiger charge is 2.03.